The lowest BCUT2D eigenvalue weighted by Crippen LogP contribution is -2.24. The Labute approximate surface area is 407 Å². The molecule has 0 radical (unpaired) electrons. The van der Waals surface area contributed by atoms with Crippen LogP contribution in [0.4, 0.5) is 56.9 Å². The molecule has 14 rings (SSSR count). The van der Waals surface area contributed by atoms with Crippen LogP contribution in [0.25, 0.3) is 76.5 Å². The van der Waals surface area contributed by atoms with E-state index in [1.165, 1.54) is 87.8 Å². The minimum atomic E-state index is 1.11. The third-order valence-electron chi connectivity index (χ3n) is 14.8. The second kappa shape index (κ2) is 15.7. The highest BCUT2D eigenvalue weighted by molar-refractivity contribution is 6.25. The summed E-state index contributed by atoms with van der Waals surface area (Å²) in [4.78, 5) is 9.54. The molecule has 330 valence electrons. The van der Waals surface area contributed by atoms with Crippen molar-refractivity contribution in [3.05, 3.63) is 243 Å². The zero-order chi connectivity index (χ0) is 46.5. The average Bonchev–Trinajstić information content (AvgIpc) is 3.42. The first kappa shape index (κ1) is 40.0. The number of rotatable bonds is 5. The Morgan fingerprint density at radius 1 is 0.243 bits per heavy atom. The lowest BCUT2D eigenvalue weighted by atomic mass is 9.82. The molecule has 0 saturated carbocycles. The van der Waals surface area contributed by atoms with E-state index in [1.807, 2.05) is 0 Å². The van der Waals surface area contributed by atoms with Crippen LogP contribution >= 0.6 is 0 Å². The van der Waals surface area contributed by atoms with Crippen molar-refractivity contribution in [1.29, 1.82) is 0 Å². The van der Waals surface area contributed by atoms with E-state index < -0.39 is 0 Å². The smallest absolute Gasteiger partial charge is 0.0699 e. The lowest BCUT2D eigenvalue weighted by molar-refractivity contribution is 1.13. The Kier molecular flexibility index (Phi) is 8.99. The van der Waals surface area contributed by atoms with Gasteiger partial charge in [0.2, 0.25) is 0 Å². The van der Waals surface area contributed by atoms with Gasteiger partial charge in [-0.1, -0.05) is 152 Å². The summed E-state index contributed by atoms with van der Waals surface area (Å²) in [5.41, 5.74) is 18.7. The third-order valence-corrected chi connectivity index (χ3v) is 14.8. The van der Waals surface area contributed by atoms with Crippen molar-refractivity contribution in [2.24, 2.45) is 0 Å². The van der Waals surface area contributed by atoms with Gasteiger partial charge in [0, 0.05) is 25.5 Å². The number of fused-ring (bicyclic) bond motifs is 8. The molecule has 4 nitrogen and oxygen atoms in total. The number of anilines is 10. The van der Waals surface area contributed by atoms with Crippen LogP contribution in [-0.2, 0) is 0 Å². The van der Waals surface area contributed by atoms with Gasteiger partial charge in [0.05, 0.1) is 45.5 Å². The van der Waals surface area contributed by atoms with Gasteiger partial charge in [0.25, 0.3) is 0 Å². The van der Waals surface area contributed by atoms with E-state index in [2.05, 4.69) is 276 Å². The van der Waals surface area contributed by atoms with Gasteiger partial charge in [-0.2, -0.15) is 0 Å². The highest BCUT2D eigenvalue weighted by atomic mass is 15.3. The van der Waals surface area contributed by atoms with Gasteiger partial charge in [-0.3, -0.25) is 0 Å². The summed E-state index contributed by atoms with van der Waals surface area (Å²) in [5.74, 6) is 0. The molecule has 0 aliphatic carbocycles. The number of nitrogens with zero attached hydrogens (tertiary/aromatic N) is 4. The van der Waals surface area contributed by atoms with Crippen molar-refractivity contribution >= 4 is 100.0 Å². The number of para-hydroxylation sites is 8. The molecule has 0 amide bonds. The van der Waals surface area contributed by atoms with Crippen molar-refractivity contribution in [3.8, 4) is 33.4 Å². The van der Waals surface area contributed by atoms with Crippen molar-refractivity contribution < 1.29 is 0 Å². The summed E-state index contributed by atoms with van der Waals surface area (Å²) in [6.07, 6.45) is 0. The molecule has 70 heavy (non-hydrogen) atoms. The van der Waals surface area contributed by atoms with Gasteiger partial charge >= 0.3 is 0 Å². The Bertz CT molecular complexity index is 3990. The summed E-state index contributed by atoms with van der Waals surface area (Å²) in [7, 11) is 4.35. The highest BCUT2D eigenvalue weighted by Crippen LogP contribution is 2.55. The standard InChI is InChI=1S/C66H46N4/c1-67-57-24-10-14-28-61(57)69(62-29-15-11-25-58(62)67)49-35-37-52-55(41-49)65(48-33-32-43-18-6-7-21-45(43)38-48)51-36-34-50(70-63-30-16-12-26-59(63)68(2)60-27-13-17-31-64(60)70)42-56(51)66(52)54-40-47-23-9-8-22-46(47)39-53(54)44-19-4-3-5-20-44/h3-42H,1-2H3. The fourth-order valence-corrected chi connectivity index (χ4v) is 11.6. The minimum absolute atomic E-state index is 1.11. The highest BCUT2D eigenvalue weighted by Gasteiger charge is 2.31. The molecule has 2 heterocycles. The Morgan fingerprint density at radius 3 is 1.13 bits per heavy atom. The second-order valence-corrected chi connectivity index (χ2v) is 18.6. The molecule has 0 atom stereocenters. The van der Waals surface area contributed by atoms with Crippen LogP contribution in [0.15, 0.2) is 243 Å². The predicted octanol–water partition coefficient (Wildman–Crippen LogP) is 18.4. The molecule has 0 fully saturated rings. The van der Waals surface area contributed by atoms with Crippen LogP contribution in [0.1, 0.15) is 0 Å². The Hall–Kier alpha value is -9.12. The van der Waals surface area contributed by atoms with Crippen LogP contribution < -0.4 is 19.6 Å². The minimum Gasteiger partial charge on any atom is -0.341 e. The molecule has 12 aromatic rings. The van der Waals surface area contributed by atoms with Crippen molar-refractivity contribution in [2.75, 3.05) is 33.7 Å². The second-order valence-electron chi connectivity index (χ2n) is 18.6. The van der Waals surface area contributed by atoms with Gasteiger partial charge in [-0.05, 0) is 167 Å². The quantitative estimate of drug-likeness (QED) is 0.160. The molecule has 4 heteroatoms. The van der Waals surface area contributed by atoms with E-state index in [0.29, 0.717) is 0 Å². The van der Waals surface area contributed by atoms with E-state index in [0.717, 1.165) is 45.5 Å². The first-order chi connectivity index (χ1) is 34.6. The van der Waals surface area contributed by atoms with E-state index >= 15 is 0 Å². The number of hydrogen-bond acceptors (Lipinski definition) is 4. The van der Waals surface area contributed by atoms with Crippen LogP contribution in [0.5, 0.6) is 0 Å². The van der Waals surface area contributed by atoms with Crippen LogP contribution in [0.3, 0.4) is 0 Å². The molecule has 2 aliphatic rings. The summed E-state index contributed by atoms with van der Waals surface area (Å²) in [6.45, 7) is 0. The molecule has 0 aromatic heterocycles. The summed E-state index contributed by atoms with van der Waals surface area (Å²) >= 11 is 0. The fraction of sp³-hybridized carbons (Fsp3) is 0.0303. The Morgan fingerprint density at radius 2 is 0.629 bits per heavy atom. The first-order valence-corrected chi connectivity index (χ1v) is 24.1. The molecular formula is C66H46N4. The maximum absolute atomic E-state index is 2.47. The topological polar surface area (TPSA) is 13.0 Å². The summed E-state index contributed by atoms with van der Waals surface area (Å²) in [5, 5.41) is 9.63. The molecular weight excluding hydrogens is 849 g/mol. The van der Waals surface area contributed by atoms with E-state index in [1.54, 1.807) is 0 Å². The van der Waals surface area contributed by atoms with Crippen LogP contribution in [-0.4, -0.2) is 14.1 Å². The number of hydrogen-bond donors (Lipinski definition) is 0. The normalized spacial score (nSPS) is 12.9. The van der Waals surface area contributed by atoms with Gasteiger partial charge in [-0.15, -0.1) is 0 Å². The fourth-order valence-electron chi connectivity index (χ4n) is 11.6. The molecule has 0 unspecified atom stereocenters. The summed E-state index contributed by atoms with van der Waals surface area (Å²) < 4.78 is 0. The maximum atomic E-state index is 2.47. The zero-order valence-corrected chi connectivity index (χ0v) is 38.9. The first-order valence-electron chi connectivity index (χ1n) is 24.1. The lowest BCUT2D eigenvalue weighted by Gasteiger charge is -2.39. The predicted molar refractivity (Wildman–Crippen MR) is 298 cm³/mol. The molecule has 0 saturated heterocycles. The molecule has 2 aliphatic heterocycles. The molecule has 0 N–H and O–H groups in total. The SMILES string of the molecule is CN1c2ccccc2N(c2ccc3c(-c4cc5ccccc5cc4-c4ccccc4)c4cc(N5c6ccccc6N(C)c6ccccc65)ccc4c(-c4ccc5ccccc5c4)c3c2)c2ccccc21. The van der Waals surface area contributed by atoms with Crippen LogP contribution in [0.2, 0.25) is 0 Å². The Balaban J connectivity index is 1.14. The van der Waals surface area contributed by atoms with Gasteiger partial charge in [0.1, 0.15) is 0 Å². The van der Waals surface area contributed by atoms with Gasteiger partial charge < -0.3 is 19.6 Å². The molecule has 0 bridgehead atoms. The van der Waals surface area contributed by atoms with Gasteiger partial charge in [-0.25, -0.2) is 0 Å². The third kappa shape index (κ3) is 6.10. The monoisotopic (exact) mass is 894 g/mol. The maximum Gasteiger partial charge on any atom is 0.0699 e. The summed E-state index contributed by atoms with van der Waals surface area (Å²) in [6, 6.07) is 89.8. The number of benzene rings is 12. The van der Waals surface area contributed by atoms with E-state index in [-0.39, 0.29) is 0 Å². The van der Waals surface area contributed by atoms with Crippen LogP contribution in [0, 0.1) is 0 Å². The molecule has 12 aromatic carbocycles. The zero-order valence-electron chi connectivity index (χ0n) is 38.9. The van der Waals surface area contributed by atoms with Crippen molar-refractivity contribution in [3.63, 3.8) is 0 Å². The van der Waals surface area contributed by atoms with Gasteiger partial charge in [0.15, 0.2) is 0 Å². The van der Waals surface area contributed by atoms with Crippen molar-refractivity contribution in [2.45, 2.75) is 0 Å². The molecule has 0 spiro atoms. The largest absolute Gasteiger partial charge is 0.341 e. The van der Waals surface area contributed by atoms with E-state index in [4.69, 9.17) is 0 Å². The average molecular weight is 895 g/mol. The van der Waals surface area contributed by atoms with E-state index in [9.17, 15) is 0 Å². The van der Waals surface area contributed by atoms with Crippen molar-refractivity contribution in [1.82, 2.24) is 0 Å².